The third-order valence-corrected chi connectivity index (χ3v) is 6.02. The minimum atomic E-state index is 0.00207. The minimum Gasteiger partial charge on any atom is -0.351 e. The fourth-order valence-electron chi connectivity index (χ4n) is 3.93. The van der Waals surface area contributed by atoms with E-state index in [-0.39, 0.29) is 11.9 Å². The second-order valence-electron chi connectivity index (χ2n) is 7.92. The zero-order valence-corrected chi connectivity index (χ0v) is 16.4. The normalized spacial score (nSPS) is 17.6. The molecule has 0 bridgehead atoms. The van der Waals surface area contributed by atoms with Gasteiger partial charge in [0.05, 0.1) is 11.7 Å². The van der Waals surface area contributed by atoms with E-state index in [4.69, 9.17) is 5.10 Å². The van der Waals surface area contributed by atoms with Crippen LogP contribution in [0.25, 0.3) is 5.65 Å². The van der Waals surface area contributed by atoms with Crippen molar-refractivity contribution in [1.82, 2.24) is 34.5 Å². The Morgan fingerprint density at radius 2 is 1.96 bits per heavy atom. The van der Waals surface area contributed by atoms with Crippen molar-refractivity contribution in [3.63, 3.8) is 0 Å². The maximum Gasteiger partial charge on any atom is 0.272 e. The fourth-order valence-corrected chi connectivity index (χ4v) is 3.93. The molecule has 0 aromatic carbocycles. The van der Waals surface area contributed by atoms with E-state index in [1.807, 2.05) is 41.6 Å². The molecule has 1 saturated carbocycles. The third-order valence-electron chi connectivity index (χ3n) is 6.02. The van der Waals surface area contributed by atoms with Crippen molar-refractivity contribution in [2.75, 3.05) is 25.0 Å². The van der Waals surface area contributed by atoms with Gasteiger partial charge in [0, 0.05) is 33.1 Å². The van der Waals surface area contributed by atoms with Crippen LogP contribution in [0.15, 0.2) is 18.2 Å². The van der Waals surface area contributed by atoms with E-state index in [1.165, 1.54) is 19.3 Å². The fraction of sp³-hybridized carbons (Fsp3) is 0.526. The average Bonchev–Trinajstić information content (AvgIpc) is 3.14. The lowest BCUT2D eigenvalue weighted by Gasteiger charge is -2.44. The molecule has 1 saturated heterocycles. The number of nitrogens with zero attached hydrogens (tertiary/aromatic N) is 8. The molecule has 1 aliphatic carbocycles. The van der Waals surface area contributed by atoms with Crippen molar-refractivity contribution >= 4 is 17.4 Å². The summed E-state index contributed by atoms with van der Waals surface area (Å²) in [4.78, 5) is 16.8. The Balaban J connectivity index is 1.30. The first-order valence-electron chi connectivity index (χ1n) is 9.76. The SMILES string of the molecule is Cc1cc(C(=O)N(C)C2CN(c3ccc4nnc(C5CCC5)n4n3)C2)n(C)n1. The third kappa shape index (κ3) is 2.64. The smallest absolute Gasteiger partial charge is 0.272 e. The molecule has 1 amide bonds. The number of anilines is 1. The Labute approximate surface area is 162 Å². The van der Waals surface area contributed by atoms with Crippen LogP contribution in [0.1, 0.15) is 47.2 Å². The van der Waals surface area contributed by atoms with Crippen molar-refractivity contribution in [2.45, 2.75) is 38.1 Å². The molecule has 9 nitrogen and oxygen atoms in total. The highest BCUT2D eigenvalue weighted by atomic mass is 16.2. The van der Waals surface area contributed by atoms with Gasteiger partial charge in [0.2, 0.25) is 0 Å². The van der Waals surface area contributed by atoms with Gasteiger partial charge in [0.15, 0.2) is 11.5 Å². The van der Waals surface area contributed by atoms with Crippen LogP contribution in [0.4, 0.5) is 5.82 Å². The van der Waals surface area contributed by atoms with E-state index in [9.17, 15) is 4.79 Å². The van der Waals surface area contributed by atoms with Gasteiger partial charge in [-0.05, 0) is 38.0 Å². The van der Waals surface area contributed by atoms with Crippen LogP contribution >= 0.6 is 0 Å². The van der Waals surface area contributed by atoms with Gasteiger partial charge in [-0.2, -0.15) is 9.61 Å². The summed E-state index contributed by atoms with van der Waals surface area (Å²) in [5.41, 5.74) is 2.26. The van der Waals surface area contributed by atoms with Gasteiger partial charge in [0.1, 0.15) is 11.5 Å². The van der Waals surface area contributed by atoms with E-state index < -0.39 is 0 Å². The Morgan fingerprint density at radius 3 is 2.61 bits per heavy atom. The summed E-state index contributed by atoms with van der Waals surface area (Å²) in [7, 11) is 3.66. The van der Waals surface area contributed by atoms with Crippen LogP contribution in [-0.4, -0.2) is 66.6 Å². The van der Waals surface area contributed by atoms with Crippen LogP contribution in [0.2, 0.25) is 0 Å². The molecule has 2 fully saturated rings. The van der Waals surface area contributed by atoms with E-state index in [2.05, 4.69) is 20.2 Å². The first-order chi connectivity index (χ1) is 13.5. The van der Waals surface area contributed by atoms with Gasteiger partial charge in [-0.1, -0.05) is 6.42 Å². The van der Waals surface area contributed by atoms with Crippen LogP contribution in [0.5, 0.6) is 0 Å². The quantitative estimate of drug-likeness (QED) is 0.680. The number of aryl methyl sites for hydroxylation is 2. The summed E-state index contributed by atoms with van der Waals surface area (Å²) < 4.78 is 3.54. The van der Waals surface area contributed by atoms with Crippen LogP contribution in [-0.2, 0) is 7.05 Å². The second-order valence-corrected chi connectivity index (χ2v) is 7.92. The minimum absolute atomic E-state index is 0.00207. The predicted octanol–water partition coefficient (Wildman–Crippen LogP) is 1.39. The van der Waals surface area contributed by atoms with E-state index >= 15 is 0 Å². The summed E-state index contributed by atoms with van der Waals surface area (Å²) in [5.74, 6) is 2.36. The standard InChI is InChI=1S/C19H24N8O/c1-12-9-15(25(3)22-12)19(28)24(2)14-10-26(11-14)17-8-7-16-20-21-18(27(16)23-17)13-5-4-6-13/h7-9,13-14H,4-6,10-11H2,1-3H3. The predicted molar refractivity (Wildman–Crippen MR) is 103 cm³/mol. The molecule has 2 aliphatic rings. The maximum atomic E-state index is 12.8. The van der Waals surface area contributed by atoms with Gasteiger partial charge in [0.25, 0.3) is 5.91 Å². The van der Waals surface area contributed by atoms with Gasteiger partial charge in [-0.15, -0.1) is 15.3 Å². The molecule has 146 valence electrons. The zero-order chi connectivity index (χ0) is 19.4. The van der Waals surface area contributed by atoms with Gasteiger partial charge in [-0.25, -0.2) is 0 Å². The number of rotatable bonds is 4. The van der Waals surface area contributed by atoms with Crippen LogP contribution < -0.4 is 4.90 Å². The van der Waals surface area contributed by atoms with Crippen molar-refractivity contribution in [1.29, 1.82) is 0 Å². The van der Waals surface area contributed by atoms with Gasteiger partial charge in [-0.3, -0.25) is 9.48 Å². The summed E-state index contributed by atoms with van der Waals surface area (Å²) in [5, 5.41) is 17.6. The molecule has 0 spiro atoms. The lowest BCUT2D eigenvalue weighted by molar-refractivity contribution is 0.0694. The Bertz CT molecular complexity index is 1040. The molecule has 3 aromatic heterocycles. The number of hydrogen-bond donors (Lipinski definition) is 0. The molecule has 0 radical (unpaired) electrons. The summed E-state index contributed by atoms with van der Waals surface area (Å²) in [6, 6.07) is 5.95. The number of carbonyl (C=O) groups is 1. The highest BCUT2D eigenvalue weighted by molar-refractivity contribution is 5.93. The summed E-state index contributed by atoms with van der Waals surface area (Å²) in [6.07, 6.45) is 3.58. The molecule has 0 atom stereocenters. The number of fused-ring (bicyclic) bond motifs is 1. The van der Waals surface area contributed by atoms with E-state index in [0.717, 1.165) is 36.1 Å². The van der Waals surface area contributed by atoms with Crippen molar-refractivity contribution < 1.29 is 4.79 Å². The van der Waals surface area contributed by atoms with Gasteiger partial charge >= 0.3 is 0 Å². The number of aromatic nitrogens is 6. The molecule has 1 aliphatic heterocycles. The van der Waals surface area contributed by atoms with Crippen molar-refractivity contribution in [2.24, 2.45) is 7.05 Å². The Morgan fingerprint density at radius 1 is 1.18 bits per heavy atom. The lowest BCUT2D eigenvalue weighted by Crippen LogP contribution is -2.60. The molecular formula is C19H24N8O. The Kier molecular flexibility index (Phi) is 3.85. The van der Waals surface area contributed by atoms with E-state index in [0.29, 0.717) is 11.6 Å². The number of hydrogen-bond acceptors (Lipinski definition) is 6. The number of likely N-dealkylation sites (N-methyl/N-ethyl adjacent to an activating group) is 1. The van der Waals surface area contributed by atoms with E-state index in [1.54, 1.807) is 11.7 Å². The maximum absolute atomic E-state index is 12.8. The molecule has 0 N–H and O–H groups in total. The number of amides is 1. The lowest BCUT2D eigenvalue weighted by atomic mass is 9.85. The second kappa shape index (κ2) is 6.29. The zero-order valence-electron chi connectivity index (χ0n) is 16.4. The monoisotopic (exact) mass is 380 g/mol. The molecule has 3 aromatic rings. The molecule has 4 heterocycles. The molecule has 0 unspecified atom stereocenters. The largest absolute Gasteiger partial charge is 0.351 e. The molecule has 28 heavy (non-hydrogen) atoms. The highest BCUT2D eigenvalue weighted by Crippen LogP contribution is 2.35. The number of carbonyl (C=O) groups excluding carboxylic acids is 1. The highest BCUT2D eigenvalue weighted by Gasteiger charge is 2.35. The first-order valence-corrected chi connectivity index (χ1v) is 9.76. The summed E-state index contributed by atoms with van der Waals surface area (Å²) >= 11 is 0. The summed E-state index contributed by atoms with van der Waals surface area (Å²) in [6.45, 7) is 3.42. The molecular weight excluding hydrogens is 356 g/mol. The molecule has 9 heteroatoms. The Hall–Kier alpha value is -2.97. The van der Waals surface area contributed by atoms with Crippen molar-refractivity contribution in [3.8, 4) is 0 Å². The first kappa shape index (κ1) is 17.2. The topological polar surface area (TPSA) is 84.5 Å². The molecule has 5 rings (SSSR count). The average molecular weight is 380 g/mol. The van der Waals surface area contributed by atoms with Gasteiger partial charge < -0.3 is 9.80 Å². The van der Waals surface area contributed by atoms with Crippen molar-refractivity contribution in [3.05, 3.63) is 35.4 Å². The van der Waals surface area contributed by atoms with Crippen LogP contribution in [0, 0.1) is 6.92 Å². The van der Waals surface area contributed by atoms with Crippen LogP contribution in [0.3, 0.4) is 0 Å².